The fourth-order valence-corrected chi connectivity index (χ4v) is 3.09. The molecule has 25 heavy (non-hydrogen) atoms. The van der Waals surface area contributed by atoms with E-state index in [4.69, 9.17) is 4.74 Å². The van der Waals surface area contributed by atoms with Crippen molar-refractivity contribution >= 4 is 10.9 Å². The molecule has 1 N–H and O–H groups in total. The van der Waals surface area contributed by atoms with Gasteiger partial charge in [-0.2, -0.15) is 5.26 Å². The number of pyridine rings is 1. The zero-order valence-electron chi connectivity index (χ0n) is 14.6. The molecule has 3 aromatic rings. The zero-order chi connectivity index (χ0) is 18.0. The van der Waals surface area contributed by atoms with E-state index in [9.17, 15) is 10.4 Å². The van der Waals surface area contributed by atoms with E-state index in [2.05, 4.69) is 11.1 Å². The summed E-state index contributed by atoms with van der Waals surface area (Å²) in [5, 5.41) is 20.5. The average molecular weight is 332 g/mol. The first-order chi connectivity index (χ1) is 11.9. The van der Waals surface area contributed by atoms with Crippen molar-refractivity contribution in [1.82, 2.24) is 4.98 Å². The van der Waals surface area contributed by atoms with Crippen molar-refractivity contribution in [2.45, 2.75) is 25.7 Å². The van der Waals surface area contributed by atoms with E-state index in [1.165, 1.54) is 0 Å². The first-order valence-corrected chi connectivity index (χ1v) is 8.10. The van der Waals surface area contributed by atoms with Crippen LogP contribution < -0.4 is 4.74 Å². The summed E-state index contributed by atoms with van der Waals surface area (Å²) in [5.41, 5.74) is 2.87. The molecule has 0 saturated heterocycles. The van der Waals surface area contributed by atoms with Crippen LogP contribution in [0.3, 0.4) is 0 Å². The summed E-state index contributed by atoms with van der Waals surface area (Å²) in [5.74, 6) is 0.800. The third kappa shape index (κ3) is 3.27. The maximum Gasteiger partial charge on any atom is 0.216 e. The molecule has 0 aliphatic heterocycles. The number of rotatable bonds is 4. The molecule has 0 aliphatic carbocycles. The van der Waals surface area contributed by atoms with E-state index in [-0.39, 0.29) is 5.75 Å². The molecule has 0 bridgehead atoms. The summed E-state index contributed by atoms with van der Waals surface area (Å²) in [4.78, 5) is 4.55. The van der Waals surface area contributed by atoms with Gasteiger partial charge in [0.05, 0.1) is 24.1 Å². The van der Waals surface area contributed by atoms with Gasteiger partial charge >= 0.3 is 0 Å². The number of aromatic hydroxyl groups is 1. The van der Waals surface area contributed by atoms with Gasteiger partial charge < -0.3 is 9.84 Å². The van der Waals surface area contributed by atoms with Gasteiger partial charge in [-0.1, -0.05) is 24.3 Å². The predicted molar refractivity (Wildman–Crippen MR) is 97.8 cm³/mol. The highest BCUT2D eigenvalue weighted by atomic mass is 16.5. The largest absolute Gasteiger partial charge is 0.508 e. The number of hydrogen-bond donors (Lipinski definition) is 1. The number of nitrogens with zero attached hydrogens (tertiary/aromatic N) is 2. The molecule has 0 radical (unpaired) electrons. The van der Waals surface area contributed by atoms with Crippen LogP contribution >= 0.6 is 0 Å². The van der Waals surface area contributed by atoms with Crippen LogP contribution in [0.25, 0.3) is 10.9 Å². The molecule has 0 aliphatic rings. The number of hydrogen-bond acceptors (Lipinski definition) is 4. The standard InChI is InChI=1S/C21H20N2O2/c1-14-9-16-7-8-17(11-19(16)23-20(14)25-3)21(2,13-22)12-15-5-4-6-18(24)10-15/h4-11,24H,12H2,1-3H3. The minimum atomic E-state index is -0.720. The molecule has 1 atom stereocenters. The molecule has 0 fully saturated rings. The van der Waals surface area contributed by atoms with Gasteiger partial charge in [-0.15, -0.1) is 0 Å². The Morgan fingerprint density at radius 2 is 2.00 bits per heavy atom. The van der Waals surface area contributed by atoms with E-state index >= 15 is 0 Å². The van der Waals surface area contributed by atoms with Crippen molar-refractivity contribution < 1.29 is 9.84 Å². The minimum absolute atomic E-state index is 0.207. The van der Waals surface area contributed by atoms with E-state index in [0.717, 1.165) is 27.6 Å². The lowest BCUT2D eigenvalue weighted by atomic mass is 9.78. The number of benzene rings is 2. The van der Waals surface area contributed by atoms with Crippen LogP contribution in [-0.2, 0) is 11.8 Å². The lowest BCUT2D eigenvalue weighted by molar-refractivity contribution is 0.396. The van der Waals surface area contributed by atoms with Crippen molar-refractivity contribution in [3.8, 4) is 17.7 Å². The Balaban J connectivity index is 2.05. The number of nitriles is 1. The van der Waals surface area contributed by atoms with E-state index in [1.54, 1.807) is 25.3 Å². The lowest BCUT2D eigenvalue weighted by Crippen LogP contribution is -2.22. The Labute approximate surface area is 147 Å². The van der Waals surface area contributed by atoms with E-state index in [0.29, 0.717) is 12.3 Å². The quantitative estimate of drug-likeness (QED) is 0.774. The first kappa shape index (κ1) is 16.8. The minimum Gasteiger partial charge on any atom is -0.508 e. The molecule has 0 amide bonds. The van der Waals surface area contributed by atoms with Gasteiger partial charge in [-0.3, -0.25) is 0 Å². The monoisotopic (exact) mass is 332 g/mol. The highest BCUT2D eigenvalue weighted by molar-refractivity contribution is 5.81. The fourth-order valence-electron chi connectivity index (χ4n) is 3.09. The molecule has 126 valence electrons. The zero-order valence-corrected chi connectivity index (χ0v) is 14.6. The van der Waals surface area contributed by atoms with Crippen molar-refractivity contribution in [2.75, 3.05) is 7.11 Å². The number of aromatic nitrogens is 1. The van der Waals surface area contributed by atoms with Gasteiger partial charge in [0.1, 0.15) is 5.75 Å². The summed E-state index contributed by atoms with van der Waals surface area (Å²) >= 11 is 0. The summed E-state index contributed by atoms with van der Waals surface area (Å²) in [7, 11) is 1.60. The summed E-state index contributed by atoms with van der Waals surface area (Å²) in [6.45, 7) is 3.87. The Morgan fingerprint density at radius 3 is 2.68 bits per heavy atom. The molecule has 4 nitrogen and oxygen atoms in total. The van der Waals surface area contributed by atoms with E-state index < -0.39 is 5.41 Å². The Morgan fingerprint density at radius 1 is 1.20 bits per heavy atom. The molecule has 0 spiro atoms. The normalized spacial score (nSPS) is 13.2. The first-order valence-electron chi connectivity index (χ1n) is 8.10. The average Bonchev–Trinajstić information content (AvgIpc) is 2.60. The van der Waals surface area contributed by atoms with Gasteiger partial charge in [0.15, 0.2) is 0 Å². The predicted octanol–water partition coefficient (Wildman–Crippen LogP) is 4.28. The second-order valence-electron chi connectivity index (χ2n) is 6.51. The third-order valence-corrected chi connectivity index (χ3v) is 4.51. The maximum absolute atomic E-state index is 9.83. The molecule has 1 aromatic heterocycles. The molecule has 4 heteroatoms. The van der Waals surface area contributed by atoms with Crippen LogP contribution in [0.5, 0.6) is 11.6 Å². The number of phenolic OH excluding ortho intramolecular Hbond substituents is 1. The SMILES string of the molecule is COc1nc2cc(C(C)(C#N)Cc3cccc(O)c3)ccc2cc1C. The highest BCUT2D eigenvalue weighted by Crippen LogP contribution is 2.31. The Hall–Kier alpha value is -3.06. The van der Waals surface area contributed by atoms with Crippen molar-refractivity contribution in [2.24, 2.45) is 0 Å². The summed E-state index contributed by atoms with van der Waals surface area (Å²) < 4.78 is 5.31. The molecule has 1 unspecified atom stereocenters. The number of fused-ring (bicyclic) bond motifs is 1. The molecule has 3 rings (SSSR count). The topological polar surface area (TPSA) is 66.1 Å². The summed E-state index contributed by atoms with van der Waals surface area (Å²) in [6, 6.07) is 17.4. The smallest absolute Gasteiger partial charge is 0.216 e. The second-order valence-corrected chi connectivity index (χ2v) is 6.51. The van der Waals surface area contributed by atoms with Crippen molar-refractivity contribution in [3.05, 3.63) is 65.2 Å². The number of ether oxygens (including phenoxy) is 1. The molecular formula is C21H20N2O2. The molecule has 0 saturated carbocycles. The van der Waals surface area contributed by atoms with Crippen molar-refractivity contribution in [3.63, 3.8) is 0 Å². The Bertz CT molecular complexity index is 975. The van der Waals surface area contributed by atoms with Gasteiger partial charge in [0.25, 0.3) is 0 Å². The van der Waals surface area contributed by atoms with Crippen LogP contribution in [0.1, 0.15) is 23.6 Å². The lowest BCUT2D eigenvalue weighted by Gasteiger charge is -2.23. The van der Waals surface area contributed by atoms with Crippen LogP contribution in [-0.4, -0.2) is 17.2 Å². The van der Waals surface area contributed by atoms with Crippen LogP contribution in [0, 0.1) is 18.3 Å². The van der Waals surface area contributed by atoms with Crippen LogP contribution in [0.15, 0.2) is 48.5 Å². The van der Waals surface area contributed by atoms with Crippen LogP contribution in [0.4, 0.5) is 0 Å². The Kier molecular flexibility index (Phi) is 4.33. The maximum atomic E-state index is 9.83. The van der Waals surface area contributed by atoms with Gasteiger partial charge in [0.2, 0.25) is 5.88 Å². The van der Waals surface area contributed by atoms with Crippen LogP contribution in [0.2, 0.25) is 0 Å². The number of methoxy groups -OCH3 is 1. The third-order valence-electron chi connectivity index (χ3n) is 4.51. The van der Waals surface area contributed by atoms with E-state index in [1.807, 2.05) is 44.2 Å². The molecule has 1 heterocycles. The highest BCUT2D eigenvalue weighted by Gasteiger charge is 2.27. The molecule has 2 aromatic carbocycles. The number of aryl methyl sites for hydroxylation is 1. The molecular weight excluding hydrogens is 312 g/mol. The van der Waals surface area contributed by atoms with Gasteiger partial charge in [0, 0.05) is 10.9 Å². The number of phenols is 1. The second kappa shape index (κ2) is 6.45. The fraction of sp³-hybridized carbons (Fsp3) is 0.238. The van der Waals surface area contributed by atoms with Gasteiger partial charge in [-0.05, 0) is 55.7 Å². The summed E-state index contributed by atoms with van der Waals surface area (Å²) in [6.07, 6.45) is 0.506. The van der Waals surface area contributed by atoms with Gasteiger partial charge in [-0.25, -0.2) is 4.98 Å². The van der Waals surface area contributed by atoms with Crippen molar-refractivity contribution in [1.29, 1.82) is 5.26 Å².